The van der Waals surface area contributed by atoms with Crippen LogP contribution in [0.1, 0.15) is 16.1 Å². The number of amides is 2. The molecule has 1 aromatic rings. The van der Waals surface area contributed by atoms with Gasteiger partial charge in [-0.25, -0.2) is 4.98 Å². The molecule has 104 valence electrons. The quantitative estimate of drug-likeness (QED) is 0.745. The van der Waals surface area contributed by atoms with Crippen LogP contribution in [0.4, 0.5) is 0 Å². The summed E-state index contributed by atoms with van der Waals surface area (Å²) in [5.74, 6) is -0.522. The zero-order chi connectivity index (χ0) is 14.4. The van der Waals surface area contributed by atoms with Crippen LogP contribution < -0.4 is 10.6 Å². The molecule has 0 aromatic carbocycles. The van der Waals surface area contributed by atoms with Crippen molar-refractivity contribution in [2.24, 2.45) is 0 Å². The van der Waals surface area contributed by atoms with Gasteiger partial charge in [0.2, 0.25) is 5.91 Å². The van der Waals surface area contributed by atoms with Gasteiger partial charge in [-0.1, -0.05) is 0 Å². The fourth-order valence-electron chi connectivity index (χ4n) is 1.87. The van der Waals surface area contributed by atoms with E-state index in [4.69, 9.17) is 5.26 Å². The van der Waals surface area contributed by atoms with Crippen molar-refractivity contribution < 1.29 is 9.59 Å². The monoisotopic (exact) mass is 273 g/mol. The third-order valence-electron chi connectivity index (χ3n) is 3.00. The first kappa shape index (κ1) is 14.0. The molecule has 2 heterocycles. The Morgan fingerprint density at radius 1 is 1.40 bits per heavy atom. The molecule has 1 aliphatic rings. The van der Waals surface area contributed by atoms with Crippen molar-refractivity contribution >= 4 is 11.8 Å². The van der Waals surface area contributed by atoms with E-state index in [0.29, 0.717) is 18.7 Å². The molecule has 0 saturated carbocycles. The Balaban J connectivity index is 1.84. The predicted molar refractivity (Wildman–Crippen MR) is 70.7 cm³/mol. The first-order chi connectivity index (χ1) is 9.70. The molecule has 7 nitrogen and oxygen atoms in total. The molecule has 7 heteroatoms. The molecule has 0 spiro atoms. The van der Waals surface area contributed by atoms with E-state index >= 15 is 0 Å². The first-order valence-corrected chi connectivity index (χ1v) is 6.33. The molecule has 1 saturated heterocycles. The van der Waals surface area contributed by atoms with Crippen molar-refractivity contribution in [3.05, 3.63) is 29.6 Å². The molecule has 1 fully saturated rings. The average Bonchev–Trinajstić information content (AvgIpc) is 2.53. The fraction of sp³-hybridized carbons (Fsp3) is 0.385. The van der Waals surface area contributed by atoms with Crippen LogP contribution in [-0.2, 0) is 4.79 Å². The third kappa shape index (κ3) is 3.52. The predicted octanol–water partition coefficient (Wildman–Crippen LogP) is -0.885. The van der Waals surface area contributed by atoms with Gasteiger partial charge in [0, 0.05) is 32.4 Å². The van der Waals surface area contributed by atoms with E-state index in [1.807, 2.05) is 6.07 Å². The largest absolute Gasteiger partial charge is 0.342 e. The molecule has 0 unspecified atom stereocenters. The summed E-state index contributed by atoms with van der Waals surface area (Å²) in [5, 5.41) is 14.3. The summed E-state index contributed by atoms with van der Waals surface area (Å²) in [6, 6.07) is 4.90. The number of hydrogen-bond donors (Lipinski definition) is 2. The molecule has 2 rings (SSSR count). The lowest BCUT2D eigenvalue weighted by Crippen LogP contribution is -2.49. The second-order valence-electron chi connectivity index (χ2n) is 4.36. The standard InChI is InChI=1S/C13H15N5O2/c14-7-10-1-2-11(16-8-10)13(20)17-9-12(19)18-5-3-15-4-6-18/h1-2,8,15H,3-6,9H2,(H,17,20). The highest BCUT2D eigenvalue weighted by atomic mass is 16.2. The molecule has 1 aliphatic heterocycles. The van der Waals surface area contributed by atoms with Gasteiger partial charge in [-0.3, -0.25) is 9.59 Å². The molecular formula is C13H15N5O2. The maximum absolute atomic E-state index is 11.9. The fourth-order valence-corrected chi connectivity index (χ4v) is 1.87. The van der Waals surface area contributed by atoms with Crippen LogP contribution in [0.15, 0.2) is 18.3 Å². The van der Waals surface area contributed by atoms with Crippen molar-refractivity contribution in [2.45, 2.75) is 0 Å². The topological polar surface area (TPSA) is 98.1 Å². The van der Waals surface area contributed by atoms with Crippen LogP contribution in [0.3, 0.4) is 0 Å². The van der Waals surface area contributed by atoms with Gasteiger partial charge in [-0.15, -0.1) is 0 Å². The molecular weight excluding hydrogens is 258 g/mol. The molecule has 20 heavy (non-hydrogen) atoms. The average molecular weight is 273 g/mol. The van der Waals surface area contributed by atoms with E-state index in [1.54, 1.807) is 4.90 Å². The number of hydrogen-bond acceptors (Lipinski definition) is 5. The van der Waals surface area contributed by atoms with Crippen molar-refractivity contribution in [2.75, 3.05) is 32.7 Å². The van der Waals surface area contributed by atoms with Crippen LogP contribution in [0.25, 0.3) is 0 Å². The Morgan fingerprint density at radius 3 is 2.75 bits per heavy atom. The number of nitrogens with one attached hydrogen (secondary N) is 2. The lowest BCUT2D eigenvalue weighted by atomic mass is 10.2. The summed E-state index contributed by atoms with van der Waals surface area (Å²) in [6.45, 7) is 2.82. The van der Waals surface area contributed by atoms with Crippen LogP contribution in [-0.4, -0.2) is 54.4 Å². The number of carbonyl (C=O) groups is 2. The van der Waals surface area contributed by atoms with Gasteiger partial charge in [0.1, 0.15) is 11.8 Å². The van der Waals surface area contributed by atoms with Crippen LogP contribution in [0.2, 0.25) is 0 Å². The molecule has 0 bridgehead atoms. The summed E-state index contributed by atoms with van der Waals surface area (Å²) in [4.78, 5) is 29.2. The highest BCUT2D eigenvalue weighted by Gasteiger charge is 2.17. The molecule has 2 N–H and O–H groups in total. The van der Waals surface area contributed by atoms with Crippen LogP contribution in [0, 0.1) is 11.3 Å². The SMILES string of the molecule is N#Cc1ccc(C(=O)NCC(=O)N2CCNCC2)nc1. The van der Waals surface area contributed by atoms with Gasteiger partial charge in [-0.2, -0.15) is 5.26 Å². The number of rotatable bonds is 3. The molecule has 0 aliphatic carbocycles. The van der Waals surface area contributed by atoms with Crippen molar-refractivity contribution in [3.63, 3.8) is 0 Å². The van der Waals surface area contributed by atoms with Gasteiger partial charge in [-0.05, 0) is 12.1 Å². The molecule has 2 amide bonds. The minimum Gasteiger partial charge on any atom is -0.342 e. The third-order valence-corrected chi connectivity index (χ3v) is 3.00. The highest BCUT2D eigenvalue weighted by molar-refractivity contribution is 5.94. The number of pyridine rings is 1. The lowest BCUT2D eigenvalue weighted by Gasteiger charge is -2.27. The van der Waals surface area contributed by atoms with Crippen LogP contribution in [0.5, 0.6) is 0 Å². The van der Waals surface area contributed by atoms with E-state index < -0.39 is 5.91 Å². The number of piperazine rings is 1. The summed E-state index contributed by atoms with van der Waals surface area (Å²) in [5.41, 5.74) is 0.579. The maximum atomic E-state index is 11.9. The summed E-state index contributed by atoms with van der Waals surface area (Å²) in [7, 11) is 0. The van der Waals surface area contributed by atoms with Crippen LogP contribution >= 0.6 is 0 Å². The van der Waals surface area contributed by atoms with Crippen molar-refractivity contribution in [1.29, 1.82) is 5.26 Å². The Kier molecular flexibility index (Phi) is 4.63. The number of nitriles is 1. The number of nitrogens with zero attached hydrogens (tertiary/aromatic N) is 3. The van der Waals surface area contributed by atoms with Gasteiger partial charge in [0.15, 0.2) is 0 Å². The summed E-state index contributed by atoms with van der Waals surface area (Å²) >= 11 is 0. The second kappa shape index (κ2) is 6.63. The zero-order valence-corrected chi connectivity index (χ0v) is 10.9. The van der Waals surface area contributed by atoms with E-state index in [9.17, 15) is 9.59 Å². The second-order valence-corrected chi connectivity index (χ2v) is 4.36. The summed E-state index contributed by atoms with van der Waals surface area (Å²) < 4.78 is 0. The Bertz CT molecular complexity index is 529. The number of carbonyl (C=O) groups excluding carboxylic acids is 2. The Labute approximate surface area is 116 Å². The van der Waals surface area contributed by atoms with Crippen molar-refractivity contribution in [3.8, 4) is 6.07 Å². The highest BCUT2D eigenvalue weighted by Crippen LogP contribution is 1.99. The van der Waals surface area contributed by atoms with Gasteiger partial charge in [0.05, 0.1) is 12.1 Å². The minimum absolute atomic E-state index is 0.0412. The molecule has 1 aromatic heterocycles. The Morgan fingerprint density at radius 2 is 2.15 bits per heavy atom. The van der Waals surface area contributed by atoms with Gasteiger partial charge in [0.25, 0.3) is 5.91 Å². The molecule has 0 radical (unpaired) electrons. The van der Waals surface area contributed by atoms with E-state index in [2.05, 4.69) is 15.6 Å². The lowest BCUT2D eigenvalue weighted by molar-refractivity contribution is -0.130. The zero-order valence-electron chi connectivity index (χ0n) is 10.9. The van der Waals surface area contributed by atoms with Gasteiger partial charge >= 0.3 is 0 Å². The number of aromatic nitrogens is 1. The normalized spacial score (nSPS) is 14.4. The first-order valence-electron chi connectivity index (χ1n) is 6.33. The van der Waals surface area contributed by atoms with Gasteiger partial charge < -0.3 is 15.5 Å². The maximum Gasteiger partial charge on any atom is 0.270 e. The smallest absolute Gasteiger partial charge is 0.270 e. The van der Waals surface area contributed by atoms with E-state index in [-0.39, 0.29) is 18.1 Å². The van der Waals surface area contributed by atoms with Crippen molar-refractivity contribution in [1.82, 2.24) is 20.5 Å². The van der Waals surface area contributed by atoms with E-state index in [0.717, 1.165) is 13.1 Å². The van der Waals surface area contributed by atoms with E-state index in [1.165, 1.54) is 18.3 Å². The minimum atomic E-state index is -0.419. The summed E-state index contributed by atoms with van der Waals surface area (Å²) in [6.07, 6.45) is 1.33. The Hall–Kier alpha value is -2.46. The molecule has 0 atom stereocenters.